The minimum atomic E-state index is -3.39. The Kier molecular flexibility index (Phi) is 5.20. The number of rotatable bonds is 4. The van der Waals surface area contributed by atoms with Crippen LogP contribution in [-0.4, -0.2) is 25.6 Å². The molecule has 0 fully saturated rings. The van der Waals surface area contributed by atoms with Crippen LogP contribution in [0.25, 0.3) is 0 Å². The zero-order valence-electron chi connectivity index (χ0n) is 12.0. The summed E-state index contributed by atoms with van der Waals surface area (Å²) in [7, 11) is -3.39. The Morgan fingerprint density at radius 1 is 1.05 bits per heavy atom. The smallest absolute Gasteiger partial charge is 0.198 e. The summed E-state index contributed by atoms with van der Waals surface area (Å²) in [5.41, 5.74) is 1.97. The quantitative estimate of drug-likeness (QED) is 0.640. The van der Waals surface area contributed by atoms with Crippen molar-refractivity contribution in [1.82, 2.24) is 0 Å². The summed E-state index contributed by atoms with van der Waals surface area (Å²) in [4.78, 5) is 4.59. The topological polar surface area (TPSA) is 46.5 Å². The molecule has 110 valence electrons. The van der Waals surface area contributed by atoms with E-state index in [9.17, 15) is 8.42 Å². The first-order valence-corrected chi connectivity index (χ1v) is 9.34. The van der Waals surface area contributed by atoms with Crippen molar-refractivity contribution in [1.29, 1.82) is 0 Å². The van der Waals surface area contributed by atoms with Crippen molar-refractivity contribution >= 4 is 26.6 Å². The van der Waals surface area contributed by atoms with Gasteiger partial charge in [-0.15, -0.1) is 11.8 Å². The van der Waals surface area contributed by atoms with Gasteiger partial charge in [0.15, 0.2) is 9.84 Å². The number of nitrogens with zero attached hydrogens (tertiary/aromatic N) is 1. The molecule has 0 spiro atoms. The summed E-state index contributed by atoms with van der Waals surface area (Å²) >= 11 is 1.45. The van der Waals surface area contributed by atoms with E-state index in [4.69, 9.17) is 0 Å². The van der Waals surface area contributed by atoms with Crippen LogP contribution < -0.4 is 0 Å². The highest BCUT2D eigenvalue weighted by molar-refractivity contribution is 8.13. The van der Waals surface area contributed by atoms with E-state index >= 15 is 0 Å². The van der Waals surface area contributed by atoms with Crippen LogP contribution in [0.2, 0.25) is 0 Å². The molecule has 2 aromatic rings. The van der Waals surface area contributed by atoms with Crippen LogP contribution in [-0.2, 0) is 9.84 Å². The van der Waals surface area contributed by atoms with Crippen molar-refractivity contribution in [3.63, 3.8) is 0 Å². The Balaban J connectivity index is 2.24. The zero-order valence-corrected chi connectivity index (χ0v) is 13.6. The van der Waals surface area contributed by atoms with Crippen molar-refractivity contribution in [2.45, 2.75) is 11.8 Å². The monoisotopic (exact) mass is 319 g/mol. The van der Waals surface area contributed by atoms with Crippen LogP contribution >= 0.6 is 11.8 Å². The van der Waals surface area contributed by atoms with Crippen LogP contribution in [0.3, 0.4) is 0 Å². The normalized spacial score (nSPS) is 12.4. The van der Waals surface area contributed by atoms with E-state index in [0.717, 1.165) is 16.2 Å². The average Bonchev–Trinajstić information content (AvgIpc) is 2.49. The van der Waals surface area contributed by atoms with Gasteiger partial charge < -0.3 is 0 Å². The third-order valence-corrected chi connectivity index (χ3v) is 5.18. The lowest BCUT2D eigenvalue weighted by Crippen LogP contribution is -2.07. The molecule has 0 N–H and O–H groups in total. The number of hydrogen-bond donors (Lipinski definition) is 0. The lowest BCUT2D eigenvalue weighted by atomic mass is 10.2. The Morgan fingerprint density at radius 3 is 2.24 bits per heavy atom. The number of aryl methyl sites for hydroxylation is 1. The van der Waals surface area contributed by atoms with E-state index in [0.29, 0.717) is 4.90 Å². The standard InChI is InChI=1S/C16H17NO2S2/c1-13-8-10-15(11-9-13)21(18,19)12-17-16(20-2)14-6-4-3-5-7-14/h3-11H,12H2,1-2H3/b17-16-. The second-order valence-corrected chi connectivity index (χ2v) is 7.34. The van der Waals surface area contributed by atoms with Gasteiger partial charge in [0, 0.05) is 5.56 Å². The summed E-state index contributed by atoms with van der Waals surface area (Å²) in [5.74, 6) is -0.235. The van der Waals surface area contributed by atoms with Crippen LogP contribution in [0.1, 0.15) is 11.1 Å². The molecule has 0 saturated carbocycles. The molecular weight excluding hydrogens is 302 g/mol. The van der Waals surface area contributed by atoms with Crippen molar-refractivity contribution in [2.75, 3.05) is 12.1 Å². The largest absolute Gasteiger partial charge is 0.261 e. The third-order valence-electron chi connectivity index (χ3n) is 2.97. The molecule has 0 saturated heterocycles. The molecule has 3 nitrogen and oxygen atoms in total. The molecule has 0 bridgehead atoms. The van der Waals surface area contributed by atoms with Gasteiger partial charge in [-0.2, -0.15) is 0 Å². The molecule has 0 aliphatic rings. The van der Waals surface area contributed by atoms with E-state index in [1.54, 1.807) is 24.3 Å². The predicted octanol–water partition coefficient (Wildman–Crippen LogP) is 3.54. The summed E-state index contributed by atoms with van der Waals surface area (Å²) < 4.78 is 24.6. The highest BCUT2D eigenvalue weighted by Gasteiger charge is 2.14. The minimum Gasteiger partial charge on any atom is -0.261 e. The molecular formula is C16H17NO2S2. The molecule has 0 unspecified atom stereocenters. The molecule has 21 heavy (non-hydrogen) atoms. The number of aliphatic imine (C=N–C) groups is 1. The van der Waals surface area contributed by atoms with Crippen molar-refractivity contribution in [3.8, 4) is 0 Å². The second kappa shape index (κ2) is 6.91. The molecule has 2 aromatic carbocycles. The molecule has 0 atom stereocenters. The number of hydrogen-bond acceptors (Lipinski definition) is 4. The van der Waals surface area contributed by atoms with Crippen LogP contribution in [0.5, 0.6) is 0 Å². The van der Waals surface area contributed by atoms with E-state index < -0.39 is 9.84 Å². The van der Waals surface area contributed by atoms with Gasteiger partial charge in [0.25, 0.3) is 0 Å². The Morgan fingerprint density at radius 2 is 1.67 bits per heavy atom. The maximum absolute atomic E-state index is 12.3. The van der Waals surface area contributed by atoms with Crippen molar-refractivity contribution in [3.05, 3.63) is 65.7 Å². The molecule has 5 heteroatoms. The van der Waals surface area contributed by atoms with Gasteiger partial charge in [-0.25, -0.2) is 8.42 Å². The lowest BCUT2D eigenvalue weighted by molar-refractivity contribution is 0.596. The summed E-state index contributed by atoms with van der Waals surface area (Å²) in [5, 5.41) is 0.728. The maximum atomic E-state index is 12.3. The fraction of sp³-hybridized carbons (Fsp3) is 0.188. The molecule has 0 radical (unpaired) electrons. The molecule has 0 amide bonds. The summed E-state index contributed by atoms with van der Waals surface area (Å²) in [6, 6.07) is 16.4. The maximum Gasteiger partial charge on any atom is 0.198 e. The number of thioether (sulfide) groups is 1. The second-order valence-electron chi connectivity index (χ2n) is 4.59. The van der Waals surface area contributed by atoms with E-state index in [2.05, 4.69) is 4.99 Å². The van der Waals surface area contributed by atoms with Gasteiger partial charge in [-0.05, 0) is 25.3 Å². The first kappa shape index (κ1) is 15.8. The van der Waals surface area contributed by atoms with Gasteiger partial charge >= 0.3 is 0 Å². The van der Waals surface area contributed by atoms with Gasteiger partial charge in [0.05, 0.1) is 9.94 Å². The zero-order chi connectivity index (χ0) is 15.3. The molecule has 2 rings (SSSR count). The lowest BCUT2D eigenvalue weighted by Gasteiger charge is -2.05. The molecule has 0 aromatic heterocycles. The van der Waals surface area contributed by atoms with Crippen LogP contribution in [0.4, 0.5) is 0 Å². The highest BCUT2D eigenvalue weighted by atomic mass is 32.2. The average molecular weight is 319 g/mol. The number of benzene rings is 2. The highest BCUT2D eigenvalue weighted by Crippen LogP contribution is 2.15. The third kappa shape index (κ3) is 4.19. The van der Waals surface area contributed by atoms with Crippen LogP contribution in [0.15, 0.2) is 64.5 Å². The van der Waals surface area contributed by atoms with E-state index in [-0.39, 0.29) is 5.88 Å². The minimum absolute atomic E-state index is 0.235. The fourth-order valence-corrected chi connectivity index (χ4v) is 3.46. The Labute approximate surface area is 130 Å². The van der Waals surface area contributed by atoms with Crippen molar-refractivity contribution < 1.29 is 8.42 Å². The predicted molar refractivity (Wildman–Crippen MR) is 89.7 cm³/mol. The van der Waals surface area contributed by atoms with Gasteiger partial charge in [0.1, 0.15) is 5.88 Å². The Bertz CT molecular complexity index is 721. The first-order valence-electron chi connectivity index (χ1n) is 6.46. The SMILES string of the molecule is CS/C(=N\CS(=O)(=O)c1ccc(C)cc1)c1ccccc1. The van der Waals surface area contributed by atoms with E-state index in [1.807, 2.05) is 43.5 Å². The van der Waals surface area contributed by atoms with Gasteiger partial charge in [-0.3, -0.25) is 4.99 Å². The van der Waals surface area contributed by atoms with E-state index in [1.165, 1.54) is 11.8 Å². The van der Waals surface area contributed by atoms with Gasteiger partial charge in [0.2, 0.25) is 0 Å². The molecule has 0 aliphatic heterocycles. The Hall–Kier alpha value is -1.59. The van der Waals surface area contributed by atoms with Crippen molar-refractivity contribution in [2.24, 2.45) is 4.99 Å². The molecule has 0 heterocycles. The summed E-state index contributed by atoms with van der Waals surface area (Å²) in [6.07, 6.45) is 1.89. The van der Waals surface area contributed by atoms with Gasteiger partial charge in [-0.1, -0.05) is 48.0 Å². The molecule has 0 aliphatic carbocycles. The summed E-state index contributed by atoms with van der Waals surface area (Å²) in [6.45, 7) is 1.93. The van der Waals surface area contributed by atoms with Crippen LogP contribution in [0, 0.1) is 6.92 Å². The fourth-order valence-electron chi connectivity index (χ4n) is 1.82. The number of sulfone groups is 1. The first-order chi connectivity index (χ1) is 10.0.